The number of benzene rings is 1. The molecule has 0 saturated heterocycles. The zero-order valence-corrected chi connectivity index (χ0v) is 16.0. The lowest BCUT2D eigenvalue weighted by molar-refractivity contribution is 0.102. The number of hydrogen-bond donors (Lipinski definition) is 2. The molecule has 0 aliphatic heterocycles. The molecule has 0 bridgehead atoms. The molecule has 10 heteroatoms. The fourth-order valence-electron chi connectivity index (χ4n) is 2.18. The Bertz CT molecular complexity index is 962. The summed E-state index contributed by atoms with van der Waals surface area (Å²) in [6.45, 7) is 0. The van der Waals surface area contributed by atoms with Crippen LogP contribution in [0.25, 0.3) is 0 Å². The van der Waals surface area contributed by atoms with Crippen LogP contribution in [0.5, 0.6) is 5.75 Å². The molecule has 2 aromatic rings. The van der Waals surface area contributed by atoms with Crippen molar-refractivity contribution >= 4 is 44.8 Å². The van der Waals surface area contributed by atoms with Crippen molar-refractivity contribution in [3.05, 3.63) is 46.2 Å². The van der Waals surface area contributed by atoms with Gasteiger partial charge < -0.3 is 10.1 Å². The molecule has 0 unspecified atom stereocenters. The minimum atomic E-state index is -3.67. The van der Waals surface area contributed by atoms with Gasteiger partial charge in [-0.3, -0.25) is 4.79 Å². The van der Waals surface area contributed by atoms with E-state index in [-0.39, 0.29) is 32.4 Å². The quantitative estimate of drug-likeness (QED) is 0.706. The van der Waals surface area contributed by atoms with E-state index in [9.17, 15) is 13.2 Å². The van der Waals surface area contributed by atoms with Crippen molar-refractivity contribution in [2.45, 2.75) is 23.8 Å². The van der Waals surface area contributed by atoms with Crippen molar-refractivity contribution in [3.63, 3.8) is 0 Å². The van der Waals surface area contributed by atoms with Crippen molar-refractivity contribution in [3.8, 4) is 5.75 Å². The zero-order valence-electron chi connectivity index (χ0n) is 13.6. The SMILES string of the molecule is COc1ccc(S(=O)(=O)NC2CC2)cc1NC(=O)c1cnc(Cl)c(Cl)c1. The molecule has 1 aromatic carbocycles. The van der Waals surface area contributed by atoms with Gasteiger partial charge in [0.15, 0.2) is 0 Å². The maximum Gasteiger partial charge on any atom is 0.257 e. The van der Waals surface area contributed by atoms with Crippen molar-refractivity contribution in [2.75, 3.05) is 12.4 Å². The number of nitrogens with one attached hydrogen (secondary N) is 2. The number of halogens is 2. The number of carbonyl (C=O) groups excluding carboxylic acids is 1. The van der Waals surface area contributed by atoms with Gasteiger partial charge in [-0.1, -0.05) is 23.2 Å². The summed E-state index contributed by atoms with van der Waals surface area (Å²) in [7, 11) is -2.25. The number of amides is 1. The van der Waals surface area contributed by atoms with Crippen molar-refractivity contribution < 1.29 is 17.9 Å². The fourth-order valence-corrected chi connectivity index (χ4v) is 3.78. The van der Waals surface area contributed by atoms with Crippen LogP contribution in [0.3, 0.4) is 0 Å². The Morgan fingerprint density at radius 1 is 1.27 bits per heavy atom. The maximum absolute atomic E-state index is 12.4. The molecule has 1 saturated carbocycles. The Morgan fingerprint density at radius 2 is 2.00 bits per heavy atom. The van der Waals surface area contributed by atoms with Crippen LogP contribution < -0.4 is 14.8 Å². The molecule has 0 spiro atoms. The van der Waals surface area contributed by atoms with Gasteiger partial charge in [0.2, 0.25) is 10.0 Å². The number of pyridine rings is 1. The lowest BCUT2D eigenvalue weighted by atomic mass is 10.2. The number of methoxy groups -OCH3 is 1. The van der Waals surface area contributed by atoms with Gasteiger partial charge in [-0.2, -0.15) is 0 Å². The van der Waals surface area contributed by atoms with E-state index in [2.05, 4.69) is 15.0 Å². The molecule has 1 aromatic heterocycles. The van der Waals surface area contributed by atoms with Gasteiger partial charge in [-0.15, -0.1) is 0 Å². The van der Waals surface area contributed by atoms with E-state index in [1.165, 1.54) is 37.6 Å². The summed E-state index contributed by atoms with van der Waals surface area (Å²) in [5, 5.41) is 2.83. The minimum absolute atomic E-state index is 0.0255. The fraction of sp³-hybridized carbons (Fsp3) is 0.250. The first-order valence-electron chi connectivity index (χ1n) is 7.63. The van der Waals surface area contributed by atoms with E-state index in [0.717, 1.165) is 12.8 Å². The van der Waals surface area contributed by atoms with Crippen LogP contribution in [-0.2, 0) is 10.0 Å². The Labute approximate surface area is 160 Å². The third kappa shape index (κ3) is 4.27. The summed E-state index contributed by atoms with van der Waals surface area (Å²) < 4.78 is 32.5. The van der Waals surface area contributed by atoms with Gasteiger partial charge in [0, 0.05) is 12.2 Å². The summed E-state index contributed by atoms with van der Waals surface area (Å²) >= 11 is 11.6. The highest BCUT2D eigenvalue weighted by atomic mass is 35.5. The molecule has 7 nitrogen and oxygen atoms in total. The summed E-state index contributed by atoms with van der Waals surface area (Å²) in [4.78, 5) is 16.3. The monoisotopic (exact) mass is 415 g/mol. The Kier molecular flexibility index (Phi) is 5.38. The molecule has 0 radical (unpaired) electrons. The van der Waals surface area contributed by atoms with E-state index in [4.69, 9.17) is 27.9 Å². The van der Waals surface area contributed by atoms with E-state index < -0.39 is 15.9 Å². The zero-order chi connectivity index (χ0) is 18.9. The maximum atomic E-state index is 12.4. The van der Waals surface area contributed by atoms with E-state index in [1.807, 2.05) is 0 Å². The first-order valence-corrected chi connectivity index (χ1v) is 9.87. The van der Waals surface area contributed by atoms with E-state index in [0.29, 0.717) is 5.75 Å². The molecule has 138 valence electrons. The summed E-state index contributed by atoms with van der Waals surface area (Å²) in [5.41, 5.74) is 0.382. The number of rotatable bonds is 6. The predicted octanol–water partition coefficient (Wildman–Crippen LogP) is 3.09. The molecular formula is C16H15Cl2N3O4S. The topological polar surface area (TPSA) is 97.4 Å². The number of aromatic nitrogens is 1. The van der Waals surface area contributed by atoms with Crippen LogP contribution >= 0.6 is 23.2 Å². The van der Waals surface area contributed by atoms with Gasteiger partial charge in [0.25, 0.3) is 5.91 Å². The van der Waals surface area contributed by atoms with Gasteiger partial charge in [-0.05, 0) is 37.1 Å². The second-order valence-electron chi connectivity index (χ2n) is 5.71. The van der Waals surface area contributed by atoms with Gasteiger partial charge in [0.1, 0.15) is 10.9 Å². The Balaban J connectivity index is 1.88. The molecule has 26 heavy (non-hydrogen) atoms. The summed E-state index contributed by atoms with van der Waals surface area (Å²) in [6.07, 6.45) is 2.91. The Morgan fingerprint density at radius 3 is 2.62 bits per heavy atom. The highest BCUT2D eigenvalue weighted by Crippen LogP contribution is 2.30. The average Bonchev–Trinajstić information content (AvgIpc) is 3.40. The molecule has 1 fully saturated rings. The van der Waals surface area contributed by atoms with Crippen LogP contribution in [-0.4, -0.2) is 32.5 Å². The largest absolute Gasteiger partial charge is 0.495 e. The van der Waals surface area contributed by atoms with Crippen LogP contribution in [0.1, 0.15) is 23.2 Å². The predicted molar refractivity (Wildman–Crippen MR) is 98.5 cm³/mol. The molecule has 1 heterocycles. The smallest absolute Gasteiger partial charge is 0.257 e. The minimum Gasteiger partial charge on any atom is -0.495 e. The molecule has 3 rings (SSSR count). The second-order valence-corrected chi connectivity index (χ2v) is 8.19. The highest BCUT2D eigenvalue weighted by Gasteiger charge is 2.28. The van der Waals surface area contributed by atoms with Crippen molar-refractivity contribution in [1.29, 1.82) is 0 Å². The molecule has 2 N–H and O–H groups in total. The molecule has 1 aliphatic rings. The van der Waals surface area contributed by atoms with E-state index >= 15 is 0 Å². The summed E-state index contributed by atoms with van der Waals surface area (Å²) in [6, 6.07) is 5.58. The summed E-state index contributed by atoms with van der Waals surface area (Å²) in [5.74, 6) is -0.212. The Hall–Kier alpha value is -1.87. The van der Waals surface area contributed by atoms with Crippen LogP contribution in [0.2, 0.25) is 10.2 Å². The van der Waals surface area contributed by atoms with Gasteiger partial charge >= 0.3 is 0 Å². The molecule has 1 aliphatic carbocycles. The van der Waals surface area contributed by atoms with Crippen molar-refractivity contribution in [1.82, 2.24) is 9.71 Å². The molecule has 1 amide bonds. The highest BCUT2D eigenvalue weighted by molar-refractivity contribution is 7.89. The first-order chi connectivity index (χ1) is 12.3. The number of hydrogen-bond acceptors (Lipinski definition) is 5. The number of ether oxygens (including phenoxy) is 1. The molecular weight excluding hydrogens is 401 g/mol. The van der Waals surface area contributed by atoms with Crippen LogP contribution in [0.4, 0.5) is 5.69 Å². The van der Waals surface area contributed by atoms with E-state index in [1.54, 1.807) is 0 Å². The average molecular weight is 416 g/mol. The third-order valence-electron chi connectivity index (χ3n) is 3.69. The lowest BCUT2D eigenvalue weighted by Gasteiger charge is -2.13. The standard InChI is InChI=1S/C16H15Cl2N3O4S/c1-25-14-5-4-11(26(23,24)21-10-2-3-10)7-13(14)20-16(22)9-6-12(17)15(18)19-8-9/h4-8,10,21H,2-3H2,1H3,(H,20,22). The number of anilines is 1. The number of carbonyl (C=O) groups is 1. The normalized spacial score (nSPS) is 14.1. The lowest BCUT2D eigenvalue weighted by Crippen LogP contribution is -2.26. The molecule has 0 atom stereocenters. The third-order valence-corrected chi connectivity index (χ3v) is 5.89. The van der Waals surface area contributed by atoms with Gasteiger partial charge in [0.05, 0.1) is 28.3 Å². The number of nitrogens with zero attached hydrogens (tertiary/aromatic N) is 1. The van der Waals surface area contributed by atoms with Crippen LogP contribution in [0.15, 0.2) is 35.4 Å². The van der Waals surface area contributed by atoms with Gasteiger partial charge in [-0.25, -0.2) is 18.1 Å². The van der Waals surface area contributed by atoms with Crippen molar-refractivity contribution in [2.24, 2.45) is 0 Å². The second kappa shape index (κ2) is 7.40. The van der Waals surface area contributed by atoms with Crippen LogP contribution in [0, 0.1) is 0 Å². The number of sulfonamides is 1. The first kappa shape index (κ1) is 18.9.